The van der Waals surface area contributed by atoms with Crippen LogP contribution in [0.15, 0.2) is 36.8 Å². The lowest BCUT2D eigenvalue weighted by Crippen LogP contribution is -2.46. The third kappa shape index (κ3) is 4.43. The van der Waals surface area contributed by atoms with Gasteiger partial charge in [0.2, 0.25) is 5.91 Å². The molecule has 8 heteroatoms. The molecule has 6 nitrogen and oxygen atoms in total. The number of pyridine rings is 1. The first-order chi connectivity index (χ1) is 10.2. The van der Waals surface area contributed by atoms with Gasteiger partial charge in [-0.3, -0.25) is 4.79 Å². The van der Waals surface area contributed by atoms with Crippen LogP contribution in [-0.2, 0) is 4.79 Å². The highest BCUT2D eigenvalue weighted by Gasteiger charge is 2.34. The fourth-order valence-electron chi connectivity index (χ4n) is 2.53. The highest BCUT2D eigenvalue weighted by Crippen LogP contribution is 2.27. The summed E-state index contributed by atoms with van der Waals surface area (Å²) in [6.45, 7) is 3.71. The predicted octanol–water partition coefficient (Wildman–Crippen LogP) is 2.44. The van der Waals surface area contributed by atoms with Crippen molar-refractivity contribution in [3.8, 4) is 5.82 Å². The highest BCUT2D eigenvalue weighted by atomic mass is 35.5. The Morgan fingerprint density at radius 2 is 2.22 bits per heavy atom. The summed E-state index contributed by atoms with van der Waals surface area (Å²) in [5.74, 6) is 0.770. The molecule has 3 heterocycles. The number of carbonyl (C=O) groups is 1. The Morgan fingerprint density at radius 3 is 2.78 bits per heavy atom. The van der Waals surface area contributed by atoms with Crippen LogP contribution in [0.25, 0.3) is 5.82 Å². The van der Waals surface area contributed by atoms with Gasteiger partial charge in [0.25, 0.3) is 0 Å². The number of amides is 1. The van der Waals surface area contributed by atoms with E-state index in [1.54, 1.807) is 17.1 Å². The summed E-state index contributed by atoms with van der Waals surface area (Å²) >= 11 is 0. The van der Waals surface area contributed by atoms with Crippen molar-refractivity contribution in [2.75, 3.05) is 18.4 Å². The number of nitrogens with one attached hydrogen (secondary N) is 2. The second-order valence-electron chi connectivity index (χ2n) is 5.65. The molecule has 0 saturated carbocycles. The summed E-state index contributed by atoms with van der Waals surface area (Å²) in [7, 11) is 0. The number of nitrogens with zero attached hydrogens (tertiary/aromatic N) is 3. The summed E-state index contributed by atoms with van der Waals surface area (Å²) in [6.07, 6.45) is 7.13. The fourth-order valence-corrected chi connectivity index (χ4v) is 2.53. The molecule has 0 aliphatic carbocycles. The largest absolute Gasteiger partial charge is 0.324 e. The molecule has 1 unspecified atom stereocenters. The van der Waals surface area contributed by atoms with Crippen LogP contribution in [-0.4, -0.2) is 33.8 Å². The average Bonchev–Trinajstić information content (AvgIpc) is 3.03. The van der Waals surface area contributed by atoms with E-state index < -0.39 is 0 Å². The normalized spacial score (nSPS) is 20.0. The molecule has 23 heavy (non-hydrogen) atoms. The molecule has 1 fully saturated rings. The number of anilines is 1. The smallest absolute Gasteiger partial charge is 0.231 e. The van der Waals surface area contributed by atoms with Crippen molar-refractivity contribution < 1.29 is 4.79 Å². The van der Waals surface area contributed by atoms with E-state index in [2.05, 4.69) is 20.7 Å². The predicted molar refractivity (Wildman–Crippen MR) is 94.7 cm³/mol. The third-order valence-electron chi connectivity index (χ3n) is 3.89. The standard InChI is InChI=1S/C15H19N5O.2ClH/c1-15(6-2-7-16-11-15)14(21)19-12-4-5-13(17-10-12)20-9-3-8-18-20;;/h3-5,8-10,16H,2,6-7,11H2,1H3,(H,19,21);2*1H. The second-order valence-corrected chi connectivity index (χ2v) is 5.65. The van der Waals surface area contributed by atoms with Crippen LogP contribution >= 0.6 is 24.8 Å². The van der Waals surface area contributed by atoms with E-state index in [1.807, 2.05) is 31.3 Å². The molecule has 2 aromatic heterocycles. The number of halogens is 2. The number of hydrogen-bond acceptors (Lipinski definition) is 4. The van der Waals surface area contributed by atoms with Crippen molar-refractivity contribution in [1.29, 1.82) is 0 Å². The molecule has 2 aromatic rings. The van der Waals surface area contributed by atoms with Crippen LogP contribution in [0.4, 0.5) is 5.69 Å². The van der Waals surface area contributed by atoms with Crippen LogP contribution in [0.5, 0.6) is 0 Å². The lowest BCUT2D eigenvalue weighted by molar-refractivity contribution is -0.125. The van der Waals surface area contributed by atoms with Crippen LogP contribution < -0.4 is 10.6 Å². The molecular weight excluding hydrogens is 337 g/mol. The molecule has 3 rings (SSSR count). The van der Waals surface area contributed by atoms with E-state index >= 15 is 0 Å². The molecule has 0 aromatic carbocycles. The summed E-state index contributed by atoms with van der Waals surface area (Å²) in [6, 6.07) is 5.53. The van der Waals surface area contributed by atoms with Crippen molar-refractivity contribution in [3.05, 3.63) is 36.8 Å². The number of piperidine rings is 1. The van der Waals surface area contributed by atoms with E-state index in [1.165, 1.54) is 0 Å². The lowest BCUT2D eigenvalue weighted by Gasteiger charge is -2.32. The number of rotatable bonds is 3. The van der Waals surface area contributed by atoms with Gasteiger partial charge in [0.1, 0.15) is 0 Å². The van der Waals surface area contributed by atoms with Crippen LogP contribution in [0.3, 0.4) is 0 Å². The van der Waals surface area contributed by atoms with Gasteiger partial charge in [-0.25, -0.2) is 9.67 Å². The monoisotopic (exact) mass is 357 g/mol. The molecule has 1 atom stereocenters. The minimum atomic E-state index is -0.348. The maximum Gasteiger partial charge on any atom is 0.231 e. The summed E-state index contributed by atoms with van der Waals surface area (Å²) in [4.78, 5) is 16.7. The molecule has 1 saturated heterocycles. The zero-order valence-corrected chi connectivity index (χ0v) is 14.5. The summed E-state index contributed by atoms with van der Waals surface area (Å²) in [5.41, 5.74) is 0.363. The van der Waals surface area contributed by atoms with Gasteiger partial charge >= 0.3 is 0 Å². The van der Waals surface area contributed by atoms with Crippen molar-refractivity contribution in [2.24, 2.45) is 5.41 Å². The molecule has 1 amide bonds. The SMILES string of the molecule is CC1(C(=O)Nc2ccc(-n3cccn3)nc2)CCCNC1.Cl.Cl. The van der Waals surface area contributed by atoms with E-state index in [0.717, 1.165) is 31.7 Å². The number of carbonyl (C=O) groups excluding carboxylic acids is 1. The minimum absolute atomic E-state index is 0. The Kier molecular flexibility index (Phi) is 7.00. The van der Waals surface area contributed by atoms with Gasteiger partial charge in [-0.15, -0.1) is 24.8 Å². The summed E-state index contributed by atoms with van der Waals surface area (Å²) < 4.78 is 1.68. The number of hydrogen-bond donors (Lipinski definition) is 2. The molecular formula is C15H21Cl2N5O. The maximum atomic E-state index is 12.4. The van der Waals surface area contributed by atoms with E-state index in [4.69, 9.17) is 0 Å². The Balaban J connectivity index is 0.00000132. The van der Waals surface area contributed by atoms with Crippen molar-refractivity contribution >= 4 is 36.4 Å². The Labute approximate surface area is 147 Å². The van der Waals surface area contributed by atoms with Gasteiger partial charge in [-0.2, -0.15) is 5.10 Å². The zero-order valence-electron chi connectivity index (χ0n) is 12.9. The van der Waals surface area contributed by atoms with Gasteiger partial charge < -0.3 is 10.6 Å². The van der Waals surface area contributed by atoms with Crippen LogP contribution in [0.2, 0.25) is 0 Å². The van der Waals surface area contributed by atoms with Gasteiger partial charge in [-0.05, 0) is 44.5 Å². The molecule has 0 spiro atoms. The van der Waals surface area contributed by atoms with Crippen molar-refractivity contribution in [3.63, 3.8) is 0 Å². The first-order valence-corrected chi connectivity index (χ1v) is 7.16. The molecule has 1 aliphatic rings. The van der Waals surface area contributed by atoms with E-state index in [-0.39, 0.29) is 36.1 Å². The van der Waals surface area contributed by atoms with E-state index in [9.17, 15) is 4.79 Å². The number of aromatic nitrogens is 3. The minimum Gasteiger partial charge on any atom is -0.324 e. The van der Waals surface area contributed by atoms with Crippen LogP contribution in [0.1, 0.15) is 19.8 Å². The molecule has 2 N–H and O–H groups in total. The first kappa shape index (κ1) is 19.4. The maximum absolute atomic E-state index is 12.4. The zero-order chi connectivity index (χ0) is 14.7. The quantitative estimate of drug-likeness (QED) is 0.884. The topological polar surface area (TPSA) is 71.8 Å². The average molecular weight is 358 g/mol. The van der Waals surface area contributed by atoms with Gasteiger partial charge in [-0.1, -0.05) is 0 Å². The summed E-state index contributed by atoms with van der Waals surface area (Å²) in [5, 5.41) is 10.4. The van der Waals surface area contributed by atoms with Gasteiger partial charge in [0, 0.05) is 18.9 Å². The molecule has 0 bridgehead atoms. The van der Waals surface area contributed by atoms with Crippen molar-refractivity contribution in [1.82, 2.24) is 20.1 Å². The lowest BCUT2D eigenvalue weighted by atomic mass is 9.82. The highest BCUT2D eigenvalue weighted by molar-refractivity contribution is 5.95. The molecule has 0 radical (unpaired) electrons. The first-order valence-electron chi connectivity index (χ1n) is 7.16. The third-order valence-corrected chi connectivity index (χ3v) is 3.89. The van der Waals surface area contributed by atoms with Crippen molar-refractivity contribution in [2.45, 2.75) is 19.8 Å². The molecule has 126 valence electrons. The van der Waals surface area contributed by atoms with Gasteiger partial charge in [0.05, 0.1) is 17.3 Å². The Bertz CT molecular complexity index is 609. The fraction of sp³-hybridized carbons (Fsp3) is 0.400. The Hall–Kier alpha value is -1.63. The van der Waals surface area contributed by atoms with Crippen LogP contribution in [0, 0.1) is 5.41 Å². The van der Waals surface area contributed by atoms with E-state index in [0.29, 0.717) is 5.69 Å². The molecule has 1 aliphatic heterocycles. The van der Waals surface area contributed by atoms with Gasteiger partial charge in [0.15, 0.2) is 5.82 Å². The second kappa shape index (κ2) is 8.29. The Morgan fingerprint density at radius 1 is 1.39 bits per heavy atom.